The number of allylic oxidation sites excluding steroid dienone is 1. The Labute approximate surface area is 335 Å². The Bertz CT molecular complexity index is 1420. The average molecular weight is 846 g/mol. The predicted octanol–water partition coefficient (Wildman–Crippen LogP) is 9.27. The summed E-state index contributed by atoms with van der Waals surface area (Å²) in [5, 5.41) is 19.8. The van der Waals surface area contributed by atoms with Gasteiger partial charge < -0.3 is 14.9 Å². The van der Waals surface area contributed by atoms with Gasteiger partial charge in [-0.1, -0.05) is 59.0 Å². The Morgan fingerprint density at radius 1 is 0.667 bits per heavy atom. The molecule has 0 atom stereocenters. The molecule has 0 saturated heterocycles. The molecule has 17 heteroatoms. The van der Waals surface area contributed by atoms with Crippen molar-refractivity contribution in [1.29, 1.82) is 0 Å². The van der Waals surface area contributed by atoms with E-state index in [4.69, 9.17) is 26.6 Å². The predicted molar refractivity (Wildman–Crippen MR) is 225 cm³/mol. The summed E-state index contributed by atoms with van der Waals surface area (Å²) in [7, 11) is 9.61. The number of pyridine rings is 4. The molecule has 2 N–H and O–H groups in total. The van der Waals surface area contributed by atoms with Crippen LogP contribution in [0.3, 0.4) is 0 Å². The largest absolute Gasteiger partial charge is 0.461 e. The summed E-state index contributed by atoms with van der Waals surface area (Å²) in [6.45, 7) is 10.8. The van der Waals surface area contributed by atoms with Crippen molar-refractivity contribution in [2.45, 2.75) is 34.0 Å². The Morgan fingerprint density at radius 3 is 1.29 bits per heavy atom. The number of aliphatic hydroxyl groups is 2. The van der Waals surface area contributed by atoms with Crippen molar-refractivity contribution in [3.63, 3.8) is 0 Å². The normalized spacial score (nSPS) is 9.45. The fourth-order valence-electron chi connectivity index (χ4n) is 2.20. The summed E-state index contributed by atoms with van der Waals surface area (Å²) in [5.41, 5.74) is 0.819. The van der Waals surface area contributed by atoms with Gasteiger partial charge >= 0.3 is 5.97 Å². The Morgan fingerprint density at radius 2 is 1.02 bits per heavy atom. The molecular formula is C34H41ClN4O5S7. The lowest BCUT2D eigenvalue weighted by atomic mass is 10.4. The number of nitrogens with zero attached hydrogens (tertiary/aromatic N) is 4. The Kier molecular flexibility index (Phi) is 33.5. The number of aromatic nitrogens is 4. The van der Waals surface area contributed by atoms with Gasteiger partial charge in [-0.15, -0.1) is 0 Å². The summed E-state index contributed by atoms with van der Waals surface area (Å²) in [6.07, 6.45) is 7.11. The van der Waals surface area contributed by atoms with E-state index < -0.39 is 5.24 Å². The molecule has 0 unspecified atom stereocenters. The fourth-order valence-corrected chi connectivity index (χ4v) is 7.31. The van der Waals surface area contributed by atoms with Crippen molar-refractivity contribution in [1.82, 2.24) is 19.9 Å². The van der Waals surface area contributed by atoms with Crippen LogP contribution in [0.1, 0.15) is 13.8 Å². The van der Waals surface area contributed by atoms with Crippen LogP contribution in [0.15, 0.2) is 142 Å². The zero-order valence-corrected chi connectivity index (χ0v) is 34.6. The molecular weight excluding hydrogens is 804 g/mol. The van der Waals surface area contributed by atoms with E-state index in [0.29, 0.717) is 23.5 Å². The van der Waals surface area contributed by atoms with Crippen LogP contribution in [0.25, 0.3) is 0 Å². The third-order valence-corrected chi connectivity index (χ3v) is 11.6. The lowest BCUT2D eigenvalue weighted by Crippen LogP contribution is -2.07. The number of carbonyl (C=O) groups is 2. The number of esters is 1. The van der Waals surface area contributed by atoms with E-state index in [0.717, 1.165) is 31.6 Å². The Balaban J connectivity index is 0.000000656. The number of aliphatic hydroxyl groups excluding tert-OH is 2. The molecule has 0 spiro atoms. The fraction of sp³-hybridized carbons (Fsp3) is 0.235. The maximum absolute atomic E-state index is 11.0. The van der Waals surface area contributed by atoms with Crippen LogP contribution < -0.4 is 0 Å². The first-order valence-electron chi connectivity index (χ1n) is 14.7. The van der Waals surface area contributed by atoms with Gasteiger partial charge in [0.15, 0.2) is 0 Å². The molecule has 9 nitrogen and oxygen atoms in total. The van der Waals surface area contributed by atoms with Gasteiger partial charge in [-0.25, -0.2) is 24.7 Å². The highest BCUT2D eigenvalue weighted by Gasteiger charge is 2.02. The monoisotopic (exact) mass is 844 g/mol. The average Bonchev–Trinajstić information content (AvgIpc) is 3.16. The first-order chi connectivity index (χ1) is 24.6. The minimum Gasteiger partial charge on any atom is -0.461 e. The molecule has 4 heterocycles. The van der Waals surface area contributed by atoms with Gasteiger partial charge in [0.2, 0.25) is 5.24 Å². The highest BCUT2D eigenvalue weighted by molar-refractivity contribution is 8.77. The van der Waals surface area contributed by atoms with E-state index in [1.54, 1.807) is 103 Å². The first kappa shape index (κ1) is 48.9. The molecule has 0 bridgehead atoms. The van der Waals surface area contributed by atoms with Gasteiger partial charge in [-0.2, -0.15) is 12.6 Å². The van der Waals surface area contributed by atoms with E-state index in [1.807, 2.05) is 72.8 Å². The second-order valence-electron chi connectivity index (χ2n) is 8.79. The molecule has 276 valence electrons. The standard InChI is InChI=1S/C11H13NO2S2.C10H8N2S2.C7H9NOS2.C4H5ClO.C2H6OS/c1-9(2)11(13)14-7-8-15-16-10-5-3-4-6-12-10;1-3-7-11-9(5-1)13-14-10-6-2-4-8-12-10;9-5-6-10-11-7-3-1-2-4-8-7;1-3(2)4(5)6;3-1-2-4/h3-6H,1,7-8H2,2H3;1-8H;1-4,9H,5-6H2;1H2,2H3;3-4H,1-2H2. The quantitative estimate of drug-likeness (QED) is 0.0262. The molecule has 0 aromatic carbocycles. The molecule has 0 aliphatic rings. The number of ether oxygens (including phenoxy) is 1. The molecule has 0 saturated carbocycles. The first-order valence-corrected chi connectivity index (χ1v) is 22.5. The Hall–Kier alpha value is -2.12. The summed E-state index contributed by atoms with van der Waals surface area (Å²) >= 11 is 8.54. The maximum Gasteiger partial charge on any atom is 0.333 e. The van der Waals surface area contributed by atoms with E-state index in [9.17, 15) is 9.59 Å². The van der Waals surface area contributed by atoms with Crippen molar-refractivity contribution < 1.29 is 24.5 Å². The van der Waals surface area contributed by atoms with Crippen molar-refractivity contribution in [2.75, 3.05) is 37.1 Å². The van der Waals surface area contributed by atoms with Gasteiger partial charge in [0, 0.05) is 53.2 Å². The summed E-state index contributed by atoms with van der Waals surface area (Å²) in [6, 6.07) is 23.3. The molecule has 0 aliphatic heterocycles. The van der Waals surface area contributed by atoms with Crippen LogP contribution in [0.2, 0.25) is 0 Å². The van der Waals surface area contributed by atoms with Gasteiger partial charge in [0.1, 0.15) is 26.7 Å². The highest BCUT2D eigenvalue weighted by atomic mass is 35.5. The van der Waals surface area contributed by atoms with Gasteiger partial charge in [-0.3, -0.25) is 4.79 Å². The number of hydrogen-bond donors (Lipinski definition) is 3. The van der Waals surface area contributed by atoms with Crippen molar-refractivity contribution in [3.05, 3.63) is 122 Å². The number of hydrogen-bond acceptors (Lipinski definition) is 16. The molecule has 4 rings (SSSR count). The lowest BCUT2D eigenvalue weighted by molar-refractivity contribution is -0.138. The zero-order chi connectivity index (χ0) is 38.0. The maximum atomic E-state index is 11.0. The minimum atomic E-state index is -0.463. The summed E-state index contributed by atoms with van der Waals surface area (Å²) < 4.78 is 4.95. The van der Waals surface area contributed by atoms with E-state index in [2.05, 4.69) is 45.7 Å². The minimum absolute atomic E-state index is 0.184. The number of halogens is 1. The van der Waals surface area contributed by atoms with Crippen LogP contribution in [0.4, 0.5) is 0 Å². The smallest absolute Gasteiger partial charge is 0.333 e. The third-order valence-electron chi connectivity index (χ3n) is 4.41. The van der Waals surface area contributed by atoms with E-state index in [-0.39, 0.29) is 19.2 Å². The number of carbonyl (C=O) groups excluding carboxylic acids is 2. The number of thiol groups is 1. The summed E-state index contributed by atoms with van der Waals surface area (Å²) in [4.78, 5) is 37.5. The van der Waals surface area contributed by atoms with Crippen LogP contribution in [-0.2, 0) is 14.3 Å². The lowest BCUT2D eigenvalue weighted by Gasteiger charge is -2.03. The molecule has 4 aromatic heterocycles. The highest BCUT2D eigenvalue weighted by Crippen LogP contribution is 2.34. The zero-order valence-electron chi connectivity index (χ0n) is 28.1. The topological polar surface area (TPSA) is 135 Å². The van der Waals surface area contributed by atoms with Crippen molar-refractivity contribution in [3.8, 4) is 0 Å². The van der Waals surface area contributed by atoms with Gasteiger partial charge in [0.05, 0.1) is 13.2 Å². The van der Waals surface area contributed by atoms with Crippen molar-refractivity contribution in [2.24, 2.45) is 0 Å². The van der Waals surface area contributed by atoms with Crippen LogP contribution in [0.5, 0.6) is 0 Å². The van der Waals surface area contributed by atoms with E-state index in [1.165, 1.54) is 0 Å². The van der Waals surface area contributed by atoms with Gasteiger partial charge in [0.25, 0.3) is 0 Å². The summed E-state index contributed by atoms with van der Waals surface area (Å²) in [5.74, 6) is 1.73. The third kappa shape index (κ3) is 31.2. The molecule has 0 fully saturated rings. The molecule has 51 heavy (non-hydrogen) atoms. The number of rotatable bonds is 15. The second kappa shape index (κ2) is 34.9. The molecule has 4 aromatic rings. The molecule has 0 aliphatic carbocycles. The van der Waals surface area contributed by atoms with Crippen LogP contribution >= 0.6 is 89.0 Å². The second-order valence-corrected chi connectivity index (χ2v) is 16.6. The SMILES string of the molecule is C=C(C)C(=O)Cl.C=C(C)C(=O)OCCSSc1ccccn1.OCCS.OCCSSc1ccccn1.c1ccc(SSc2ccccn2)nc1. The van der Waals surface area contributed by atoms with Gasteiger partial charge in [-0.05, 0) is 117 Å². The van der Waals surface area contributed by atoms with Crippen LogP contribution in [-0.4, -0.2) is 78.4 Å². The molecule has 0 amide bonds. The van der Waals surface area contributed by atoms with E-state index >= 15 is 0 Å². The van der Waals surface area contributed by atoms with Crippen molar-refractivity contribution >= 4 is 100 Å². The molecule has 0 radical (unpaired) electrons. The van der Waals surface area contributed by atoms with Crippen LogP contribution in [0, 0.1) is 0 Å².